The van der Waals surface area contributed by atoms with Crippen LogP contribution in [0.3, 0.4) is 0 Å². The third kappa shape index (κ3) is 3.00. The number of aryl methyl sites for hydroxylation is 2. The lowest BCUT2D eigenvalue weighted by molar-refractivity contribution is 0.561. The average Bonchev–Trinajstić information content (AvgIpc) is 2.68. The summed E-state index contributed by atoms with van der Waals surface area (Å²) in [5.41, 5.74) is 7.81. The van der Waals surface area contributed by atoms with Gasteiger partial charge in [-0.2, -0.15) is 0 Å². The van der Waals surface area contributed by atoms with Crippen molar-refractivity contribution in [2.75, 3.05) is 0 Å². The maximum atomic E-state index is 12.1. The third-order valence-electron chi connectivity index (χ3n) is 5.00. The molecule has 1 heterocycles. The summed E-state index contributed by atoms with van der Waals surface area (Å²) in [7, 11) is 0. The first kappa shape index (κ1) is 17.0. The van der Waals surface area contributed by atoms with Gasteiger partial charge in [-0.3, -0.25) is 0 Å². The minimum atomic E-state index is -0.330. The highest BCUT2D eigenvalue weighted by Gasteiger charge is 2.16. The van der Waals surface area contributed by atoms with Crippen LogP contribution in [0, 0.1) is 13.8 Å². The molecule has 0 atom stereocenters. The zero-order valence-electron chi connectivity index (χ0n) is 15.5. The van der Waals surface area contributed by atoms with E-state index in [9.17, 15) is 4.79 Å². The van der Waals surface area contributed by atoms with Crippen molar-refractivity contribution < 1.29 is 4.42 Å². The molecule has 0 unspecified atom stereocenters. The van der Waals surface area contributed by atoms with Crippen molar-refractivity contribution in [2.24, 2.45) is 0 Å². The van der Waals surface area contributed by atoms with Gasteiger partial charge in [-0.15, -0.1) is 0 Å². The van der Waals surface area contributed by atoms with Crippen LogP contribution in [-0.4, -0.2) is 0 Å². The molecule has 0 aliphatic rings. The number of hydrogen-bond acceptors (Lipinski definition) is 2. The second kappa shape index (κ2) is 6.73. The molecular formula is C25H20O2. The molecule has 0 bridgehead atoms. The fourth-order valence-corrected chi connectivity index (χ4v) is 3.77. The molecule has 0 saturated heterocycles. The summed E-state index contributed by atoms with van der Waals surface area (Å²) in [4.78, 5) is 12.1. The first-order valence-corrected chi connectivity index (χ1v) is 8.95. The lowest BCUT2D eigenvalue weighted by Crippen LogP contribution is -2.01. The molecule has 1 aromatic heterocycles. The molecule has 0 amide bonds. The van der Waals surface area contributed by atoms with E-state index in [4.69, 9.17) is 4.42 Å². The number of fused-ring (bicyclic) bond motifs is 1. The molecule has 27 heavy (non-hydrogen) atoms. The van der Waals surface area contributed by atoms with Gasteiger partial charge in [0.15, 0.2) is 0 Å². The number of benzene rings is 3. The van der Waals surface area contributed by atoms with Crippen LogP contribution in [0.4, 0.5) is 0 Å². The Hall–Kier alpha value is -3.39. The SMILES string of the molecule is C=Cc1ccc(-c2c(C)cc3oc(=O)cc(-c4ccccc4)c3c2C)cc1. The van der Waals surface area contributed by atoms with Crippen LogP contribution in [-0.2, 0) is 0 Å². The second-order valence-corrected chi connectivity index (χ2v) is 6.74. The van der Waals surface area contributed by atoms with E-state index in [1.165, 1.54) is 5.56 Å². The van der Waals surface area contributed by atoms with Gasteiger partial charge in [0.2, 0.25) is 0 Å². The van der Waals surface area contributed by atoms with Gasteiger partial charge in [0, 0.05) is 17.0 Å². The molecule has 3 aromatic carbocycles. The van der Waals surface area contributed by atoms with Crippen LogP contribution in [0.25, 0.3) is 39.3 Å². The Morgan fingerprint density at radius 3 is 2.26 bits per heavy atom. The van der Waals surface area contributed by atoms with Crippen molar-refractivity contribution in [3.63, 3.8) is 0 Å². The largest absolute Gasteiger partial charge is 0.423 e. The number of rotatable bonds is 3. The zero-order valence-corrected chi connectivity index (χ0v) is 15.5. The molecular weight excluding hydrogens is 332 g/mol. The van der Waals surface area contributed by atoms with Gasteiger partial charge in [0.1, 0.15) is 5.58 Å². The summed E-state index contributed by atoms with van der Waals surface area (Å²) < 4.78 is 5.54. The average molecular weight is 352 g/mol. The van der Waals surface area contributed by atoms with E-state index < -0.39 is 0 Å². The molecule has 4 rings (SSSR count). The van der Waals surface area contributed by atoms with E-state index in [-0.39, 0.29) is 5.63 Å². The predicted octanol–water partition coefficient (Wildman–Crippen LogP) is 6.39. The Labute approximate surface area is 158 Å². The smallest absolute Gasteiger partial charge is 0.336 e. The number of hydrogen-bond donors (Lipinski definition) is 0. The van der Waals surface area contributed by atoms with Crippen LogP contribution in [0.2, 0.25) is 0 Å². The van der Waals surface area contributed by atoms with Gasteiger partial charge in [-0.1, -0.05) is 67.3 Å². The van der Waals surface area contributed by atoms with Crippen molar-refractivity contribution in [2.45, 2.75) is 13.8 Å². The van der Waals surface area contributed by atoms with Crippen molar-refractivity contribution in [1.29, 1.82) is 0 Å². The summed E-state index contributed by atoms with van der Waals surface area (Å²) in [5, 5.41) is 0.981. The predicted molar refractivity (Wildman–Crippen MR) is 113 cm³/mol. The monoisotopic (exact) mass is 352 g/mol. The van der Waals surface area contributed by atoms with Crippen molar-refractivity contribution in [3.05, 3.63) is 100 Å². The highest BCUT2D eigenvalue weighted by Crippen LogP contribution is 2.37. The molecule has 4 aromatic rings. The van der Waals surface area contributed by atoms with Crippen LogP contribution in [0.15, 0.2) is 82.5 Å². The highest BCUT2D eigenvalue weighted by molar-refractivity contribution is 6.00. The van der Waals surface area contributed by atoms with Gasteiger partial charge >= 0.3 is 5.63 Å². The van der Waals surface area contributed by atoms with E-state index in [0.717, 1.165) is 38.8 Å². The third-order valence-corrected chi connectivity index (χ3v) is 5.00. The molecule has 0 radical (unpaired) electrons. The molecule has 2 nitrogen and oxygen atoms in total. The topological polar surface area (TPSA) is 30.2 Å². The van der Waals surface area contributed by atoms with Gasteiger partial charge in [0.25, 0.3) is 0 Å². The van der Waals surface area contributed by atoms with Gasteiger partial charge in [0.05, 0.1) is 0 Å². The summed E-state index contributed by atoms with van der Waals surface area (Å²) in [6, 6.07) is 21.9. The fraction of sp³-hybridized carbons (Fsp3) is 0.0800. The van der Waals surface area contributed by atoms with E-state index in [0.29, 0.717) is 5.58 Å². The Balaban J connectivity index is 2.06. The van der Waals surface area contributed by atoms with E-state index in [2.05, 4.69) is 44.7 Å². The lowest BCUT2D eigenvalue weighted by Gasteiger charge is -2.16. The Kier molecular flexibility index (Phi) is 4.25. The normalized spacial score (nSPS) is 10.9. The molecule has 0 fully saturated rings. The minimum Gasteiger partial charge on any atom is -0.423 e. The highest BCUT2D eigenvalue weighted by atomic mass is 16.4. The lowest BCUT2D eigenvalue weighted by atomic mass is 9.89. The molecule has 0 aliphatic carbocycles. The Morgan fingerprint density at radius 1 is 0.889 bits per heavy atom. The minimum absolute atomic E-state index is 0.330. The first-order chi connectivity index (χ1) is 13.1. The summed E-state index contributed by atoms with van der Waals surface area (Å²) in [6.07, 6.45) is 1.84. The standard InChI is InChI=1S/C25H20O2/c1-4-18-10-12-20(13-11-18)24-16(2)14-22-25(17(24)3)21(15-23(26)27-22)19-8-6-5-7-9-19/h4-15H,1H2,2-3H3. The van der Waals surface area contributed by atoms with Gasteiger partial charge < -0.3 is 4.42 Å². The van der Waals surface area contributed by atoms with Gasteiger partial charge in [-0.25, -0.2) is 4.79 Å². The maximum Gasteiger partial charge on any atom is 0.336 e. The summed E-state index contributed by atoms with van der Waals surface area (Å²) >= 11 is 0. The Bertz CT molecular complexity index is 1200. The van der Waals surface area contributed by atoms with E-state index in [1.807, 2.05) is 42.5 Å². The second-order valence-electron chi connectivity index (χ2n) is 6.74. The maximum absolute atomic E-state index is 12.1. The van der Waals surface area contributed by atoms with Gasteiger partial charge in [-0.05, 0) is 53.3 Å². The zero-order chi connectivity index (χ0) is 19.0. The van der Waals surface area contributed by atoms with E-state index in [1.54, 1.807) is 6.07 Å². The van der Waals surface area contributed by atoms with E-state index >= 15 is 0 Å². The quantitative estimate of drug-likeness (QED) is 0.400. The summed E-state index contributed by atoms with van der Waals surface area (Å²) in [5.74, 6) is 0. The first-order valence-electron chi connectivity index (χ1n) is 8.95. The molecule has 0 aliphatic heterocycles. The molecule has 0 saturated carbocycles. The fourth-order valence-electron chi connectivity index (χ4n) is 3.77. The van der Waals surface area contributed by atoms with Crippen LogP contribution in [0.1, 0.15) is 16.7 Å². The van der Waals surface area contributed by atoms with Crippen LogP contribution >= 0.6 is 0 Å². The van der Waals surface area contributed by atoms with Crippen molar-refractivity contribution in [1.82, 2.24) is 0 Å². The van der Waals surface area contributed by atoms with Crippen LogP contribution in [0.5, 0.6) is 0 Å². The molecule has 0 N–H and O–H groups in total. The molecule has 0 spiro atoms. The Morgan fingerprint density at radius 2 is 1.59 bits per heavy atom. The van der Waals surface area contributed by atoms with Crippen LogP contribution < -0.4 is 5.63 Å². The summed E-state index contributed by atoms with van der Waals surface area (Å²) in [6.45, 7) is 7.97. The van der Waals surface area contributed by atoms with Crippen molar-refractivity contribution >= 4 is 17.0 Å². The molecule has 132 valence electrons. The van der Waals surface area contributed by atoms with Crippen molar-refractivity contribution in [3.8, 4) is 22.3 Å². The molecule has 2 heteroatoms.